The lowest BCUT2D eigenvalue weighted by atomic mass is 10.2. The van der Waals surface area contributed by atoms with E-state index in [9.17, 15) is 0 Å². The molecule has 2 rings (SSSR count). The van der Waals surface area contributed by atoms with Crippen LogP contribution in [0.2, 0.25) is 0 Å². The Hall–Kier alpha value is -1.78. The summed E-state index contributed by atoms with van der Waals surface area (Å²) in [6.07, 6.45) is 4.87. The van der Waals surface area contributed by atoms with Gasteiger partial charge in [-0.3, -0.25) is 9.36 Å². The molecule has 0 radical (unpaired) electrons. The highest BCUT2D eigenvalue weighted by Crippen LogP contribution is 2.19. The van der Waals surface area contributed by atoms with Crippen LogP contribution in [0.1, 0.15) is 24.6 Å². The van der Waals surface area contributed by atoms with Crippen molar-refractivity contribution in [2.75, 3.05) is 11.9 Å². The molecule has 2 aromatic heterocycles. The molecule has 0 fully saturated rings. The first-order chi connectivity index (χ1) is 8.22. The molecular weight excluding hydrogens is 214 g/mol. The summed E-state index contributed by atoms with van der Waals surface area (Å²) in [5.41, 5.74) is 2.27. The molecule has 1 N–H and O–H groups in total. The highest BCUT2D eigenvalue weighted by molar-refractivity contribution is 5.47. The van der Waals surface area contributed by atoms with E-state index in [1.165, 1.54) is 5.56 Å². The summed E-state index contributed by atoms with van der Waals surface area (Å²) in [6, 6.07) is 1.94. The average molecular weight is 233 g/mol. The molecule has 0 atom stereocenters. The summed E-state index contributed by atoms with van der Waals surface area (Å²) in [5, 5.41) is 12.1. The lowest BCUT2D eigenvalue weighted by molar-refractivity contribution is 0.684. The van der Waals surface area contributed by atoms with E-state index >= 15 is 0 Å². The van der Waals surface area contributed by atoms with Crippen molar-refractivity contribution in [1.82, 2.24) is 19.6 Å². The smallest absolute Gasteiger partial charge is 0.129 e. The van der Waals surface area contributed by atoms with E-state index in [1.807, 2.05) is 35.6 Å². The minimum atomic E-state index is 0.763. The second-order valence-electron chi connectivity index (χ2n) is 4.17. The van der Waals surface area contributed by atoms with Gasteiger partial charge in [-0.25, -0.2) is 0 Å². The maximum absolute atomic E-state index is 4.46. The van der Waals surface area contributed by atoms with Gasteiger partial charge in [0, 0.05) is 31.5 Å². The molecule has 5 nitrogen and oxygen atoms in total. The highest BCUT2D eigenvalue weighted by atomic mass is 15.3. The number of rotatable bonds is 5. The van der Waals surface area contributed by atoms with Gasteiger partial charge < -0.3 is 5.32 Å². The maximum atomic E-state index is 4.46. The molecule has 0 aliphatic heterocycles. The van der Waals surface area contributed by atoms with Crippen LogP contribution in [-0.2, 0) is 13.6 Å². The molecule has 0 spiro atoms. The van der Waals surface area contributed by atoms with Gasteiger partial charge in [-0.05, 0) is 19.4 Å². The lowest BCUT2D eigenvalue weighted by Gasteiger charge is -2.09. The fraction of sp³-hybridized carbons (Fsp3) is 0.500. The molecule has 0 saturated heterocycles. The summed E-state index contributed by atoms with van der Waals surface area (Å²) in [4.78, 5) is 0. The first kappa shape index (κ1) is 11.7. The van der Waals surface area contributed by atoms with E-state index < -0.39 is 0 Å². The third-order valence-electron chi connectivity index (χ3n) is 2.77. The minimum Gasteiger partial charge on any atom is -0.370 e. The zero-order chi connectivity index (χ0) is 12.3. The molecule has 2 aromatic rings. The highest BCUT2D eigenvalue weighted by Gasteiger charge is 2.13. The zero-order valence-corrected chi connectivity index (χ0v) is 10.6. The van der Waals surface area contributed by atoms with Crippen LogP contribution in [-0.4, -0.2) is 26.1 Å². The fourth-order valence-electron chi connectivity index (χ4n) is 1.91. The molecule has 0 amide bonds. The molecule has 17 heavy (non-hydrogen) atoms. The first-order valence-electron chi connectivity index (χ1n) is 5.96. The van der Waals surface area contributed by atoms with E-state index in [0.717, 1.165) is 31.0 Å². The molecule has 5 heteroatoms. The molecule has 0 aromatic carbocycles. The standard InChI is InChI=1S/C12H19N5/c1-4-6-13-12-11(10(2)15-16(12)3)9-17-8-5-7-14-17/h5,7-8,13H,4,6,9H2,1-3H3. The summed E-state index contributed by atoms with van der Waals surface area (Å²) in [5.74, 6) is 1.10. The number of hydrogen-bond donors (Lipinski definition) is 1. The molecule has 0 aliphatic carbocycles. The molecular formula is C12H19N5. The Morgan fingerprint density at radius 1 is 1.41 bits per heavy atom. The predicted octanol–water partition coefficient (Wildman–Crippen LogP) is 1.80. The van der Waals surface area contributed by atoms with Crippen molar-refractivity contribution < 1.29 is 0 Å². The van der Waals surface area contributed by atoms with Crippen molar-refractivity contribution in [3.63, 3.8) is 0 Å². The Balaban J connectivity index is 2.25. The van der Waals surface area contributed by atoms with Gasteiger partial charge in [0.15, 0.2) is 0 Å². The maximum Gasteiger partial charge on any atom is 0.129 e. The van der Waals surface area contributed by atoms with Crippen LogP contribution in [0.25, 0.3) is 0 Å². The average Bonchev–Trinajstić information content (AvgIpc) is 2.88. The number of anilines is 1. The van der Waals surface area contributed by atoms with Crippen LogP contribution in [0.15, 0.2) is 18.5 Å². The van der Waals surface area contributed by atoms with Gasteiger partial charge in [0.2, 0.25) is 0 Å². The van der Waals surface area contributed by atoms with E-state index in [2.05, 4.69) is 22.4 Å². The number of nitrogens with one attached hydrogen (secondary N) is 1. The van der Waals surface area contributed by atoms with Gasteiger partial charge in [-0.1, -0.05) is 6.92 Å². The summed E-state index contributed by atoms with van der Waals surface area (Å²) in [7, 11) is 1.97. The van der Waals surface area contributed by atoms with Crippen LogP contribution in [0, 0.1) is 6.92 Å². The monoisotopic (exact) mass is 233 g/mol. The second kappa shape index (κ2) is 5.03. The van der Waals surface area contributed by atoms with E-state index in [-0.39, 0.29) is 0 Å². The van der Waals surface area contributed by atoms with Crippen molar-refractivity contribution >= 4 is 5.82 Å². The number of aryl methyl sites for hydroxylation is 2. The zero-order valence-electron chi connectivity index (χ0n) is 10.6. The van der Waals surface area contributed by atoms with Gasteiger partial charge in [0.1, 0.15) is 5.82 Å². The quantitative estimate of drug-likeness (QED) is 0.856. The second-order valence-corrected chi connectivity index (χ2v) is 4.17. The van der Waals surface area contributed by atoms with Crippen molar-refractivity contribution in [3.05, 3.63) is 29.7 Å². The number of nitrogens with zero attached hydrogens (tertiary/aromatic N) is 4. The first-order valence-corrected chi connectivity index (χ1v) is 5.96. The molecule has 0 saturated carbocycles. The van der Waals surface area contributed by atoms with Crippen LogP contribution < -0.4 is 5.32 Å². The largest absolute Gasteiger partial charge is 0.370 e. The molecule has 0 unspecified atom stereocenters. The van der Waals surface area contributed by atoms with Crippen LogP contribution in [0.4, 0.5) is 5.82 Å². The summed E-state index contributed by atoms with van der Waals surface area (Å²) < 4.78 is 3.82. The van der Waals surface area contributed by atoms with Gasteiger partial charge in [-0.2, -0.15) is 10.2 Å². The molecule has 0 bridgehead atoms. The van der Waals surface area contributed by atoms with Crippen LogP contribution in [0.3, 0.4) is 0 Å². The minimum absolute atomic E-state index is 0.763. The molecule has 0 aliphatic rings. The number of aromatic nitrogens is 4. The Bertz CT molecular complexity index is 469. The Labute approximate surface area is 101 Å². The van der Waals surface area contributed by atoms with Gasteiger partial charge in [0.05, 0.1) is 12.2 Å². The van der Waals surface area contributed by atoms with E-state index in [4.69, 9.17) is 0 Å². The molecule has 92 valence electrons. The van der Waals surface area contributed by atoms with Crippen molar-refractivity contribution in [2.24, 2.45) is 7.05 Å². The van der Waals surface area contributed by atoms with Crippen molar-refractivity contribution in [3.8, 4) is 0 Å². The Kier molecular flexibility index (Phi) is 3.46. The number of hydrogen-bond acceptors (Lipinski definition) is 3. The van der Waals surface area contributed by atoms with Crippen molar-refractivity contribution in [1.29, 1.82) is 0 Å². The van der Waals surface area contributed by atoms with Crippen LogP contribution in [0.5, 0.6) is 0 Å². The van der Waals surface area contributed by atoms with Crippen molar-refractivity contribution in [2.45, 2.75) is 26.8 Å². The predicted molar refractivity (Wildman–Crippen MR) is 68.1 cm³/mol. The van der Waals surface area contributed by atoms with Crippen LogP contribution >= 0.6 is 0 Å². The van der Waals surface area contributed by atoms with E-state index in [1.54, 1.807) is 6.20 Å². The lowest BCUT2D eigenvalue weighted by Crippen LogP contribution is -2.09. The topological polar surface area (TPSA) is 47.7 Å². The van der Waals surface area contributed by atoms with E-state index in [0.29, 0.717) is 0 Å². The Morgan fingerprint density at radius 3 is 2.88 bits per heavy atom. The van der Waals surface area contributed by atoms with Gasteiger partial charge in [-0.15, -0.1) is 0 Å². The third kappa shape index (κ3) is 2.49. The van der Waals surface area contributed by atoms with Gasteiger partial charge >= 0.3 is 0 Å². The fourth-order valence-corrected chi connectivity index (χ4v) is 1.91. The normalized spacial score (nSPS) is 10.8. The summed E-state index contributed by atoms with van der Waals surface area (Å²) in [6.45, 7) is 5.92. The SMILES string of the molecule is CCCNc1c(Cn2cccn2)c(C)nn1C. The van der Waals surface area contributed by atoms with Gasteiger partial charge in [0.25, 0.3) is 0 Å². The third-order valence-corrected chi connectivity index (χ3v) is 2.77. The molecule has 2 heterocycles. The Morgan fingerprint density at radius 2 is 2.24 bits per heavy atom. The summed E-state index contributed by atoms with van der Waals surface area (Å²) >= 11 is 0.